The maximum absolute atomic E-state index is 4.90. The number of halogens is 1. The van der Waals surface area contributed by atoms with Gasteiger partial charge in [0.2, 0.25) is 0 Å². The number of nitrogens with one attached hydrogen (secondary N) is 1. The van der Waals surface area contributed by atoms with Crippen molar-refractivity contribution in [2.45, 2.75) is 51.1 Å². The molecule has 20 heavy (non-hydrogen) atoms. The van der Waals surface area contributed by atoms with E-state index in [9.17, 15) is 0 Å². The lowest BCUT2D eigenvalue weighted by Crippen LogP contribution is -2.24. The van der Waals surface area contributed by atoms with Gasteiger partial charge in [-0.3, -0.25) is 0 Å². The lowest BCUT2D eigenvalue weighted by atomic mass is 9.93. The van der Waals surface area contributed by atoms with Crippen LogP contribution in [0.4, 0.5) is 0 Å². The summed E-state index contributed by atoms with van der Waals surface area (Å²) in [7, 11) is 0. The van der Waals surface area contributed by atoms with Crippen molar-refractivity contribution in [3.05, 3.63) is 36.9 Å². The third kappa shape index (κ3) is 3.16. The van der Waals surface area contributed by atoms with Crippen LogP contribution in [0.25, 0.3) is 0 Å². The van der Waals surface area contributed by atoms with Gasteiger partial charge in [0.1, 0.15) is 5.01 Å². The van der Waals surface area contributed by atoms with Crippen LogP contribution in [0.15, 0.2) is 21.3 Å². The molecule has 1 saturated carbocycles. The Hall–Kier alpha value is -0.230. The molecular formula is C15H19BrN2S2. The van der Waals surface area contributed by atoms with Crippen molar-refractivity contribution in [2.24, 2.45) is 0 Å². The van der Waals surface area contributed by atoms with Crippen molar-refractivity contribution in [3.63, 3.8) is 0 Å². The van der Waals surface area contributed by atoms with E-state index in [1.165, 1.54) is 32.9 Å². The summed E-state index contributed by atoms with van der Waals surface area (Å²) in [6.45, 7) is 6.66. The van der Waals surface area contributed by atoms with Crippen LogP contribution in [-0.2, 0) is 5.41 Å². The lowest BCUT2D eigenvalue weighted by molar-refractivity contribution is 0.559. The Kier molecular flexibility index (Phi) is 4.06. The Balaban J connectivity index is 1.93. The van der Waals surface area contributed by atoms with Gasteiger partial charge in [-0.1, -0.05) is 20.8 Å². The molecule has 1 atom stereocenters. The molecule has 2 aromatic heterocycles. The molecule has 108 valence electrons. The van der Waals surface area contributed by atoms with E-state index in [4.69, 9.17) is 4.98 Å². The van der Waals surface area contributed by atoms with Crippen molar-refractivity contribution in [1.82, 2.24) is 10.3 Å². The highest BCUT2D eigenvalue weighted by Crippen LogP contribution is 2.38. The van der Waals surface area contributed by atoms with E-state index < -0.39 is 0 Å². The van der Waals surface area contributed by atoms with Gasteiger partial charge in [0.15, 0.2) is 0 Å². The van der Waals surface area contributed by atoms with Crippen LogP contribution in [-0.4, -0.2) is 11.0 Å². The van der Waals surface area contributed by atoms with Gasteiger partial charge in [-0.25, -0.2) is 4.98 Å². The highest BCUT2D eigenvalue weighted by Gasteiger charge is 2.30. The molecule has 2 aromatic rings. The van der Waals surface area contributed by atoms with E-state index in [1.807, 2.05) is 0 Å². The first-order chi connectivity index (χ1) is 9.45. The maximum atomic E-state index is 4.90. The summed E-state index contributed by atoms with van der Waals surface area (Å²) in [5, 5.41) is 9.27. The minimum Gasteiger partial charge on any atom is -0.301 e. The fraction of sp³-hybridized carbons (Fsp3) is 0.533. The molecule has 0 amide bonds. The quantitative estimate of drug-likeness (QED) is 0.808. The monoisotopic (exact) mass is 370 g/mol. The van der Waals surface area contributed by atoms with E-state index in [0.29, 0.717) is 6.04 Å². The summed E-state index contributed by atoms with van der Waals surface area (Å²) in [4.78, 5) is 6.24. The number of nitrogens with zero attached hydrogens (tertiary/aromatic N) is 1. The van der Waals surface area contributed by atoms with Crippen LogP contribution in [0, 0.1) is 0 Å². The van der Waals surface area contributed by atoms with Crippen LogP contribution in [0.2, 0.25) is 0 Å². The Labute approximate surface area is 136 Å². The summed E-state index contributed by atoms with van der Waals surface area (Å²) >= 11 is 7.24. The first kappa shape index (κ1) is 14.7. The molecule has 1 aliphatic rings. The molecule has 0 bridgehead atoms. The number of thiophene rings is 1. The van der Waals surface area contributed by atoms with Gasteiger partial charge >= 0.3 is 0 Å². The van der Waals surface area contributed by atoms with Crippen LogP contribution in [0.3, 0.4) is 0 Å². The predicted molar refractivity (Wildman–Crippen MR) is 90.8 cm³/mol. The molecule has 2 nitrogen and oxygen atoms in total. The summed E-state index contributed by atoms with van der Waals surface area (Å²) < 4.78 is 1.19. The van der Waals surface area contributed by atoms with E-state index in [2.05, 4.69) is 58.8 Å². The molecule has 0 spiro atoms. The van der Waals surface area contributed by atoms with Crippen LogP contribution in [0.1, 0.15) is 55.2 Å². The zero-order valence-electron chi connectivity index (χ0n) is 11.9. The number of hydrogen-bond donors (Lipinski definition) is 1. The fourth-order valence-electron chi connectivity index (χ4n) is 2.02. The lowest BCUT2D eigenvalue weighted by Gasteiger charge is -2.17. The van der Waals surface area contributed by atoms with Gasteiger partial charge in [-0.2, -0.15) is 0 Å². The first-order valence-corrected chi connectivity index (χ1v) is 9.45. The molecule has 5 heteroatoms. The third-order valence-corrected chi connectivity index (χ3v) is 6.27. The Morgan fingerprint density at radius 3 is 2.60 bits per heavy atom. The highest BCUT2D eigenvalue weighted by molar-refractivity contribution is 9.10. The number of hydrogen-bond acceptors (Lipinski definition) is 4. The molecule has 0 saturated heterocycles. The summed E-state index contributed by atoms with van der Waals surface area (Å²) in [5.74, 6) is 0. The third-order valence-electron chi connectivity index (χ3n) is 3.42. The molecular weight excluding hydrogens is 352 g/mol. The Morgan fingerprint density at radius 2 is 2.10 bits per heavy atom. The van der Waals surface area contributed by atoms with Crippen molar-refractivity contribution >= 4 is 38.6 Å². The summed E-state index contributed by atoms with van der Waals surface area (Å²) in [6, 6.07) is 3.02. The van der Waals surface area contributed by atoms with Gasteiger partial charge in [0.25, 0.3) is 0 Å². The van der Waals surface area contributed by atoms with E-state index >= 15 is 0 Å². The average Bonchev–Trinajstić information content (AvgIpc) is 2.89. The van der Waals surface area contributed by atoms with Gasteiger partial charge in [-0.05, 0) is 40.2 Å². The SMILES string of the molecule is CC(C)(C)c1csc(C(NC2CC2)c2sccc2Br)n1. The second-order valence-electron chi connectivity index (χ2n) is 6.33. The number of aromatic nitrogens is 1. The second kappa shape index (κ2) is 5.52. The molecule has 2 heterocycles. The Morgan fingerprint density at radius 1 is 1.35 bits per heavy atom. The zero-order valence-corrected chi connectivity index (χ0v) is 15.2. The van der Waals surface area contributed by atoms with Gasteiger partial charge in [-0.15, -0.1) is 22.7 Å². The average molecular weight is 371 g/mol. The minimum absolute atomic E-state index is 0.117. The number of rotatable bonds is 4. The predicted octanol–water partition coefficient (Wildman–Crippen LogP) is 5.11. The van der Waals surface area contributed by atoms with Crippen molar-refractivity contribution < 1.29 is 0 Å². The number of thiazole rings is 1. The van der Waals surface area contributed by atoms with Crippen molar-refractivity contribution in [3.8, 4) is 0 Å². The highest BCUT2D eigenvalue weighted by atomic mass is 79.9. The van der Waals surface area contributed by atoms with Gasteiger partial charge in [0, 0.05) is 26.2 Å². The van der Waals surface area contributed by atoms with E-state index in [0.717, 1.165) is 0 Å². The van der Waals surface area contributed by atoms with Gasteiger partial charge < -0.3 is 5.32 Å². The van der Waals surface area contributed by atoms with E-state index in [-0.39, 0.29) is 11.5 Å². The molecule has 1 fully saturated rings. The smallest absolute Gasteiger partial charge is 0.115 e. The molecule has 3 rings (SSSR count). The second-order valence-corrected chi connectivity index (χ2v) is 9.02. The molecule has 0 aliphatic heterocycles. The van der Waals surface area contributed by atoms with Crippen LogP contribution < -0.4 is 5.32 Å². The Bertz CT molecular complexity index is 593. The largest absolute Gasteiger partial charge is 0.301 e. The van der Waals surface area contributed by atoms with E-state index in [1.54, 1.807) is 22.7 Å². The molecule has 0 radical (unpaired) electrons. The minimum atomic E-state index is 0.117. The molecule has 1 aliphatic carbocycles. The molecule has 1 unspecified atom stereocenters. The standard InChI is InChI=1S/C15H19BrN2S2/c1-15(2,3)11-8-20-14(18-11)12(17-9-4-5-9)13-10(16)6-7-19-13/h6-9,12,17H,4-5H2,1-3H3. The first-order valence-electron chi connectivity index (χ1n) is 6.90. The fourth-order valence-corrected chi connectivity index (χ4v) is 4.87. The van der Waals surface area contributed by atoms with Crippen molar-refractivity contribution in [2.75, 3.05) is 0 Å². The zero-order chi connectivity index (χ0) is 14.3. The topological polar surface area (TPSA) is 24.9 Å². The maximum Gasteiger partial charge on any atom is 0.115 e. The van der Waals surface area contributed by atoms with Crippen LogP contribution >= 0.6 is 38.6 Å². The van der Waals surface area contributed by atoms with Crippen LogP contribution in [0.5, 0.6) is 0 Å². The normalized spacial score (nSPS) is 17.4. The summed E-state index contributed by atoms with van der Waals surface area (Å²) in [5.41, 5.74) is 1.30. The molecule has 1 N–H and O–H groups in total. The summed E-state index contributed by atoms with van der Waals surface area (Å²) in [6.07, 6.45) is 2.58. The van der Waals surface area contributed by atoms with Crippen molar-refractivity contribution in [1.29, 1.82) is 0 Å². The molecule has 0 aromatic carbocycles. The van der Waals surface area contributed by atoms with Gasteiger partial charge in [0.05, 0.1) is 11.7 Å².